The number of sulfonamides is 1. The molecule has 0 saturated carbocycles. The predicted octanol–water partition coefficient (Wildman–Crippen LogP) is 2.28. The first-order valence-electron chi connectivity index (χ1n) is 10.4. The fourth-order valence-electron chi connectivity index (χ4n) is 3.43. The largest absolute Gasteiger partial charge is 0.393 e. The lowest BCUT2D eigenvalue weighted by atomic mass is 10.1. The molecule has 1 aromatic heterocycles. The van der Waals surface area contributed by atoms with Crippen molar-refractivity contribution in [2.45, 2.75) is 70.6 Å². The number of nitrogens with zero attached hydrogens (tertiary/aromatic N) is 1. The molecule has 0 aliphatic carbocycles. The van der Waals surface area contributed by atoms with Crippen LogP contribution in [0.3, 0.4) is 0 Å². The molecule has 170 valence electrons. The van der Waals surface area contributed by atoms with E-state index in [2.05, 4.69) is 6.92 Å². The van der Waals surface area contributed by atoms with Crippen LogP contribution in [0.2, 0.25) is 0 Å². The van der Waals surface area contributed by atoms with Crippen molar-refractivity contribution in [2.24, 2.45) is 0 Å². The molecule has 1 aromatic rings. The Morgan fingerprint density at radius 2 is 2.13 bits per heavy atom. The van der Waals surface area contributed by atoms with Crippen molar-refractivity contribution in [2.75, 3.05) is 19.4 Å². The van der Waals surface area contributed by atoms with Crippen molar-refractivity contribution < 1.29 is 27.9 Å². The molecule has 2 rings (SSSR count). The highest BCUT2D eigenvalue weighted by Crippen LogP contribution is 2.22. The molecule has 10 heteroatoms. The molecule has 2 atom stereocenters. The van der Waals surface area contributed by atoms with Gasteiger partial charge in [0.2, 0.25) is 15.9 Å². The van der Waals surface area contributed by atoms with Gasteiger partial charge in [0, 0.05) is 17.8 Å². The van der Waals surface area contributed by atoms with E-state index in [4.69, 9.17) is 4.74 Å². The van der Waals surface area contributed by atoms with Gasteiger partial charge in [-0.3, -0.25) is 9.59 Å². The highest BCUT2D eigenvalue weighted by molar-refractivity contribution is 7.89. The fraction of sp³-hybridized carbons (Fsp3) is 0.700. The molecule has 0 aromatic carbocycles. The Bertz CT molecular complexity index is 808. The Morgan fingerprint density at radius 1 is 1.37 bits per heavy atom. The molecule has 2 N–H and O–H groups in total. The van der Waals surface area contributed by atoms with E-state index in [1.165, 1.54) is 11.3 Å². The normalized spacial score (nSPS) is 18.0. The Kier molecular flexibility index (Phi) is 9.73. The zero-order valence-electron chi connectivity index (χ0n) is 17.6. The number of likely N-dealkylation sites (tertiary alicyclic amines) is 1. The van der Waals surface area contributed by atoms with Crippen LogP contribution in [0.1, 0.15) is 66.4 Å². The summed E-state index contributed by atoms with van der Waals surface area (Å²) in [5.74, 6) is -0.556. The van der Waals surface area contributed by atoms with E-state index in [1.807, 2.05) is 9.62 Å². The average Bonchev–Trinajstić information content (AvgIpc) is 3.26. The predicted molar refractivity (Wildman–Crippen MR) is 116 cm³/mol. The van der Waals surface area contributed by atoms with Gasteiger partial charge in [-0.15, -0.1) is 11.3 Å². The summed E-state index contributed by atoms with van der Waals surface area (Å²) in [6, 6.07) is 3.29. The van der Waals surface area contributed by atoms with Crippen LogP contribution in [0.4, 0.5) is 0 Å². The lowest BCUT2D eigenvalue weighted by Gasteiger charge is -2.25. The molecule has 8 nitrogen and oxygen atoms in total. The molecule has 1 saturated heterocycles. The van der Waals surface area contributed by atoms with Gasteiger partial charge in [-0.2, -0.15) is 0 Å². The lowest BCUT2D eigenvalue weighted by molar-refractivity contribution is -0.130. The van der Waals surface area contributed by atoms with Crippen LogP contribution in [-0.2, 0) is 26.2 Å². The van der Waals surface area contributed by atoms with Crippen LogP contribution >= 0.6 is 11.3 Å². The molecule has 30 heavy (non-hydrogen) atoms. The van der Waals surface area contributed by atoms with Gasteiger partial charge in [-0.25, -0.2) is 13.1 Å². The highest BCUT2D eigenvalue weighted by atomic mass is 32.2. The van der Waals surface area contributed by atoms with Crippen LogP contribution in [0.15, 0.2) is 12.1 Å². The molecule has 0 bridgehead atoms. The first kappa shape index (κ1) is 24.8. The Labute approximate surface area is 182 Å². The second-order valence-electron chi connectivity index (χ2n) is 7.70. The Morgan fingerprint density at radius 3 is 2.83 bits per heavy atom. The maximum absolute atomic E-state index is 12.2. The van der Waals surface area contributed by atoms with E-state index in [9.17, 15) is 23.1 Å². The number of amides is 2. The van der Waals surface area contributed by atoms with Gasteiger partial charge in [0.1, 0.15) is 0 Å². The van der Waals surface area contributed by atoms with Crippen molar-refractivity contribution in [1.29, 1.82) is 0 Å². The number of hydrogen-bond acceptors (Lipinski definition) is 7. The van der Waals surface area contributed by atoms with E-state index in [1.54, 1.807) is 12.1 Å². The number of nitrogens with one attached hydrogen (secondary N) is 1. The summed E-state index contributed by atoms with van der Waals surface area (Å²) in [5, 5.41) is 10.1. The summed E-state index contributed by atoms with van der Waals surface area (Å²) < 4.78 is 30.0. The molecule has 2 heterocycles. The van der Waals surface area contributed by atoms with Gasteiger partial charge in [0.05, 0.1) is 36.5 Å². The van der Waals surface area contributed by atoms with Gasteiger partial charge in [-0.1, -0.05) is 26.2 Å². The summed E-state index contributed by atoms with van der Waals surface area (Å²) in [7, 11) is -3.60. The molecule has 1 aliphatic rings. The summed E-state index contributed by atoms with van der Waals surface area (Å²) in [5.41, 5.74) is 0. The first-order chi connectivity index (χ1) is 14.2. The van der Waals surface area contributed by atoms with Crippen LogP contribution < -0.4 is 4.72 Å². The number of carbonyl (C=O) groups excluding carboxylic acids is 2. The zero-order valence-corrected chi connectivity index (χ0v) is 19.3. The number of rotatable bonds is 13. The highest BCUT2D eigenvalue weighted by Gasteiger charge is 2.31. The third-order valence-corrected chi connectivity index (χ3v) is 6.63. The number of unbranched alkanes of at least 4 members (excludes halogenated alkanes) is 2. The standard InChI is InChI=1S/C20H32N2O6S2/c1-3-4-5-6-16(23)11-12-22-15(7-10-19(22)24)13-28-14-17-8-9-18(29-17)20(25)21-30(2,26)27/h8-9,15-16,23H,3-7,10-14H2,1-2H3,(H,21,25)/t15-,16+/m1/s1. The van der Waals surface area contributed by atoms with Gasteiger partial charge >= 0.3 is 0 Å². The average molecular weight is 461 g/mol. The van der Waals surface area contributed by atoms with E-state index < -0.39 is 15.9 Å². The summed E-state index contributed by atoms with van der Waals surface area (Å²) in [6.07, 6.45) is 6.35. The van der Waals surface area contributed by atoms with E-state index >= 15 is 0 Å². The van der Waals surface area contributed by atoms with E-state index in [-0.39, 0.29) is 24.7 Å². The second kappa shape index (κ2) is 11.8. The minimum Gasteiger partial charge on any atom is -0.393 e. The topological polar surface area (TPSA) is 113 Å². The minimum atomic E-state index is -3.60. The van der Waals surface area contributed by atoms with Crippen LogP contribution in [-0.4, -0.2) is 61.8 Å². The Balaban J connectivity index is 1.76. The van der Waals surface area contributed by atoms with E-state index in [0.717, 1.165) is 43.2 Å². The number of ether oxygens (including phenoxy) is 1. The molecule has 1 aliphatic heterocycles. The second-order valence-corrected chi connectivity index (χ2v) is 10.6. The number of thiophene rings is 1. The third-order valence-electron chi connectivity index (χ3n) is 5.01. The minimum absolute atomic E-state index is 0.00620. The van der Waals surface area contributed by atoms with E-state index in [0.29, 0.717) is 30.9 Å². The summed E-state index contributed by atoms with van der Waals surface area (Å²) in [6.45, 7) is 3.34. The number of carbonyl (C=O) groups is 2. The van der Waals surface area contributed by atoms with Gasteiger partial charge in [0.25, 0.3) is 5.91 Å². The number of aliphatic hydroxyl groups excluding tert-OH is 1. The monoisotopic (exact) mass is 460 g/mol. The smallest absolute Gasteiger partial charge is 0.274 e. The summed E-state index contributed by atoms with van der Waals surface area (Å²) >= 11 is 1.17. The third kappa shape index (κ3) is 8.33. The maximum Gasteiger partial charge on any atom is 0.274 e. The molecular formula is C20H32N2O6S2. The van der Waals surface area contributed by atoms with Crippen molar-refractivity contribution in [3.63, 3.8) is 0 Å². The van der Waals surface area contributed by atoms with Crippen LogP contribution in [0.25, 0.3) is 0 Å². The lowest BCUT2D eigenvalue weighted by Crippen LogP contribution is -2.38. The van der Waals surface area contributed by atoms with Gasteiger partial charge < -0.3 is 14.7 Å². The van der Waals surface area contributed by atoms with Gasteiger partial charge in [0.15, 0.2) is 0 Å². The van der Waals surface area contributed by atoms with Crippen LogP contribution in [0, 0.1) is 0 Å². The maximum atomic E-state index is 12.2. The van der Waals surface area contributed by atoms with Crippen molar-refractivity contribution in [3.8, 4) is 0 Å². The molecule has 0 spiro atoms. The fourth-order valence-corrected chi connectivity index (χ4v) is 4.78. The molecule has 0 unspecified atom stereocenters. The quantitative estimate of drug-likeness (QED) is 0.437. The first-order valence-corrected chi connectivity index (χ1v) is 13.1. The number of aliphatic hydroxyl groups is 1. The van der Waals surface area contributed by atoms with Gasteiger partial charge in [-0.05, 0) is 31.4 Å². The SMILES string of the molecule is CCCCC[C@H](O)CCN1C(=O)CC[C@@H]1COCc1ccc(C(=O)NS(C)(=O)=O)s1. The molecule has 2 amide bonds. The van der Waals surface area contributed by atoms with Crippen LogP contribution in [0.5, 0.6) is 0 Å². The Hall–Kier alpha value is -1.49. The molecular weight excluding hydrogens is 428 g/mol. The molecule has 1 fully saturated rings. The zero-order chi connectivity index (χ0) is 22.1. The van der Waals surface area contributed by atoms with Crippen molar-refractivity contribution >= 4 is 33.2 Å². The van der Waals surface area contributed by atoms with Crippen molar-refractivity contribution in [3.05, 3.63) is 21.9 Å². The summed E-state index contributed by atoms with van der Waals surface area (Å²) in [4.78, 5) is 27.0. The number of hydrogen-bond donors (Lipinski definition) is 2. The molecule has 0 radical (unpaired) electrons. The van der Waals surface area contributed by atoms with Crippen molar-refractivity contribution in [1.82, 2.24) is 9.62 Å².